The number of anilines is 2. The summed E-state index contributed by atoms with van der Waals surface area (Å²) < 4.78 is 0. The van der Waals surface area contributed by atoms with Crippen LogP contribution in [0.15, 0.2) is 36.4 Å². The van der Waals surface area contributed by atoms with Crippen molar-refractivity contribution < 1.29 is 0 Å². The Balaban J connectivity index is 2.11. The van der Waals surface area contributed by atoms with Gasteiger partial charge >= 0.3 is 0 Å². The fourth-order valence-corrected chi connectivity index (χ4v) is 2.45. The molecule has 0 aliphatic carbocycles. The minimum absolute atomic E-state index is 0.690. The first-order chi connectivity index (χ1) is 11.1. The monoisotopic (exact) mass is 312 g/mol. The maximum atomic E-state index is 4.62. The normalized spacial score (nSPS) is 10.8. The van der Waals surface area contributed by atoms with E-state index in [1.807, 2.05) is 13.0 Å². The number of aryl methyl sites for hydroxylation is 1. The molecule has 1 N–H and O–H groups in total. The zero-order chi connectivity index (χ0) is 16.7. The van der Waals surface area contributed by atoms with Crippen LogP contribution in [0, 0.1) is 12.8 Å². The molecule has 2 aromatic rings. The van der Waals surface area contributed by atoms with Gasteiger partial charge in [0.25, 0.3) is 0 Å². The van der Waals surface area contributed by atoms with Crippen LogP contribution in [0.1, 0.15) is 38.6 Å². The van der Waals surface area contributed by atoms with Gasteiger partial charge in [-0.15, -0.1) is 0 Å². The van der Waals surface area contributed by atoms with Crippen molar-refractivity contribution in [3.63, 3.8) is 0 Å². The quantitative estimate of drug-likeness (QED) is 0.790. The second-order valence-corrected chi connectivity index (χ2v) is 6.27. The molecule has 4 heteroatoms. The van der Waals surface area contributed by atoms with Gasteiger partial charge in [0.2, 0.25) is 0 Å². The standard InChI is InChI=1S/C19H28N4/c1-5-23(14-17-9-7-6-8-10-17)19-13-18(21-16(4)22-19)20-12-11-15(2)3/h6-10,13,15H,5,11-12,14H2,1-4H3,(H,20,21,22). The Morgan fingerprint density at radius 3 is 2.52 bits per heavy atom. The molecular formula is C19H28N4. The first kappa shape index (κ1) is 17.3. The molecule has 0 bridgehead atoms. The minimum Gasteiger partial charge on any atom is -0.370 e. The largest absolute Gasteiger partial charge is 0.370 e. The lowest BCUT2D eigenvalue weighted by molar-refractivity contribution is 0.606. The molecular weight excluding hydrogens is 284 g/mol. The van der Waals surface area contributed by atoms with E-state index in [4.69, 9.17) is 0 Å². The summed E-state index contributed by atoms with van der Waals surface area (Å²) in [4.78, 5) is 11.4. The van der Waals surface area contributed by atoms with Crippen LogP contribution in [0.4, 0.5) is 11.6 Å². The number of hydrogen-bond acceptors (Lipinski definition) is 4. The van der Waals surface area contributed by atoms with Crippen LogP contribution in [0.3, 0.4) is 0 Å². The van der Waals surface area contributed by atoms with Crippen molar-refractivity contribution in [1.82, 2.24) is 9.97 Å². The smallest absolute Gasteiger partial charge is 0.134 e. The average molecular weight is 312 g/mol. The summed E-state index contributed by atoms with van der Waals surface area (Å²) in [5, 5.41) is 3.42. The summed E-state index contributed by atoms with van der Waals surface area (Å²) in [5.74, 6) is 3.40. The minimum atomic E-state index is 0.690. The Labute approximate surface area is 140 Å². The second kappa shape index (κ2) is 8.51. The molecule has 2 rings (SSSR count). The van der Waals surface area contributed by atoms with E-state index in [-0.39, 0.29) is 0 Å². The van der Waals surface area contributed by atoms with Crippen molar-refractivity contribution in [3.05, 3.63) is 47.8 Å². The second-order valence-electron chi connectivity index (χ2n) is 6.27. The third-order valence-corrected chi connectivity index (χ3v) is 3.77. The highest BCUT2D eigenvalue weighted by atomic mass is 15.2. The highest BCUT2D eigenvalue weighted by Gasteiger charge is 2.10. The molecule has 0 saturated carbocycles. The van der Waals surface area contributed by atoms with E-state index in [2.05, 4.69) is 71.3 Å². The summed E-state index contributed by atoms with van der Waals surface area (Å²) in [6, 6.07) is 12.6. The van der Waals surface area contributed by atoms with Crippen LogP contribution in [-0.2, 0) is 6.54 Å². The summed E-state index contributed by atoms with van der Waals surface area (Å²) >= 11 is 0. The molecule has 1 aromatic heterocycles. The molecule has 0 unspecified atom stereocenters. The van der Waals surface area contributed by atoms with Crippen LogP contribution in [0.2, 0.25) is 0 Å². The zero-order valence-corrected chi connectivity index (χ0v) is 14.7. The predicted molar refractivity (Wildman–Crippen MR) is 97.9 cm³/mol. The van der Waals surface area contributed by atoms with Crippen LogP contribution in [-0.4, -0.2) is 23.1 Å². The first-order valence-electron chi connectivity index (χ1n) is 8.47. The Bertz CT molecular complexity index is 596. The molecule has 0 saturated heterocycles. The third-order valence-electron chi connectivity index (χ3n) is 3.77. The van der Waals surface area contributed by atoms with E-state index >= 15 is 0 Å². The molecule has 0 spiro atoms. The molecule has 0 amide bonds. The molecule has 0 atom stereocenters. The van der Waals surface area contributed by atoms with Crippen molar-refractivity contribution in [2.75, 3.05) is 23.3 Å². The maximum Gasteiger partial charge on any atom is 0.134 e. The topological polar surface area (TPSA) is 41.0 Å². The fraction of sp³-hybridized carbons (Fsp3) is 0.474. The molecule has 23 heavy (non-hydrogen) atoms. The lowest BCUT2D eigenvalue weighted by atomic mass is 10.1. The van der Waals surface area contributed by atoms with Gasteiger partial charge in [0.1, 0.15) is 17.5 Å². The zero-order valence-electron chi connectivity index (χ0n) is 14.7. The molecule has 4 nitrogen and oxygen atoms in total. The number of rotatable bonds is 8. The lowest BCUT2D eigenvalue weighted by Gasteiger charge is -2.23. The van der Waals surface area contributed by atoms with Gasteiger partial charge < -0.3 is 10.2 Å². The van der Waals surface area contributed by atoms with E-state index in [1.54, 1.807) is 0 Å². The summed E-state index contributed by atoms with van der Waals surface area (Å²) in [5.41, 5.74) is 1.29. The van der Waals surface area contributed by atoms with E-state index in [1.165, 1.54) is 5.56 Å². The van der Waals surface area contributed by atoms with Crippen molar-refractivity contribution >= 4 is 11.6 Å². The van der Waals surface area contributed by atoms with E-state index in [9.17, 15) is 0 Å². The molecule has 0 aliphatic heterocycles. The van der Waals surface area contributed by atoms with Crippen molar-refractivity contribution in [1.29, 1.82) is 0 Å². The van der Waals surface area contributed by atoms with Gasteiger partial charge in [-0.3, -0.25) is 0 Å². The highest BCUT2D eigenvalue weighted by molar-refractivity contribution is 5.49. The van der Waals surface area contributed by atoms with Gasteiger partial charge in [-0.25, -0.2) is 9.97 Å². The summed E-state index contributed by atoms with van der Waals surface area (Å²) in [6.45, 7) is 11.3. The number of nitrogens with zero attached hydrogens (tertiary/aromatic N) is 3. The van der Waals surface area contributed by atoms with Crippen molar-refractivity contribution in [3.8, 4) is 0 Å². The van der Waals surface area contributed by atoms with Gasteiger partial charge in [-0.05, 0) is 31.7 Å². The Morgan fingerprint density at radius 2 is 1.87 bits per heavy atom. The van der Waals surface area contributed by atoms with Crippen molar-refractivity contribution in [2.45, 2.75) is 40.7 Å². The molecule has 1 aromatic carbocycles. The number of hydrogen-bond donors (Lipinski definition) is 1. The van der Waals surface area contributed by atoms with E-state index < -0.39 is 0 Å². The number of aromatic nitrogens is 2. The Hall–Kier alpha value is -2.10. The molecule has 0 radical (unpaired) electrons. The average Bonchev–Trinajstić information content (AvgIpc) is 2.52. The van der Waals surface area contributed by atoms with Gasteiger partial charge in [-0.2, -0.15) is 0 Å². The van der Waals surface area contributed by atoms with E-state index in [0.29, 0.717) is 5.92 Å². The molecule has 0 fully saturated rings. The Kier molecular flexibility index (Phi) is 6.39. The van der Waals surface area contributed by atoms with Gasteiger partial charge in [-0.1, -0.05) is 44.2 Å². The van der Waals surface area contributed by atoms with Crippen molar-refractivity contribution in [2.24, 2.45) is 5.92 Å². The first-order valence-corrected chi connectivity index (χ1v) is 8.47. The highest BCUT2D eigenvalue weighted by Crippen LogP contribution is 2.18. The molecule has 1 heterocycles. The number of benzene rings is 1. The van der Waals surface area contributed by atoms with E-state index in [0.717, 1.165) is 43.5 Å². The van der Waals surface area contributed by atoms with Crippen LogP contribution >= 0.6 is 0 Å². The predicted octanol–water partition coefficient (Wildman–Crippen LogP) is 4.27. The van der Waals surface area contributed by atoms with Gasteiger partial charge in [0.05, 0.1) is 0 Å². The van der Waals surface area contributed by atoms with Gasteiger partial charge in [0, 0.05) is 25.7 Å². The summed E-state index contributed by atoms with van der Waals surface area (Å²) in [7, 11) is 0. The lowest BCUT2D eigenvalue weighted by Crippen LogP contribution is -2.24. The summed E-state index contributed by atoms with van der Waals surface area (Å²) in [6.07, 6.45) is 1.14. The van der Waals surface area contributed by atoms with Crippen LogP contribution in [0.25, 0.3) is 0 Å². The van der Waals surface area contributed by atoms with Crippen LogP contribution < -0.4 is 10.2 Å². The van der Waals surface area contributed by atoms with Crippen LogP contribution in [0.5, 0.6) is 0 Å². The number of nitrogens with one attached hydrogen (secondary N) is 1. The molecule has 0 aliphatic rings. The molecule has 124 valence electrons. The fourth-order valence-electron chi connectivity index (χ4n) is 2.45. The Morgan fingerprint density at radius 1 is 1.13 bits per heavy atom. The SMILES string of the molecule is CCN(Cc1ccccc1)c1cc(NCCC(C)C)nc(C)n1. The van der Waals surface area contributed by atoms with Gasteiger partial charge in [0.15, 0.2) is 0 Å². The maximum absolute atomic E-state index is 4.62. The third kappa shape index (κ3) is 5.55.